The molecule has 0 N–H and O–H groups in total. The van der Waals surface area contributed by atoms with E-state index in [-0.39, 0.29) is 5.91 Å². The number of amides is 1. The van der Waals surface area contributed by atoms with Gasteiger partial charge in [0.2, 0.25) is 0 Å². The molecular weight excluding hydrogens is 224 g/mol. The second kappa shape index (κ2) is 6.24. The number of carbonyl (C=O) groups excluding carboxylic acids is 1. The molecule has 0 fully saturated rings. The van der Waals surface area contributed by atoms with Gasteiger partial charge in [0.1, 0.15) is 0 Å². The maximum Gasteiger partial charge on any atom is 0.254 e. The van der Waals surface area contributed by atoms with Gasteiger partial charge < -0.3 is 9.80 Å². The van der Waals surface area contributed by atoms with E-state index in [1.807, 2.05) is 51.0 Å². The van der Waals surface area contributed by atoms with E-state index in [1.165, 1.54) is 0 Å². The van der Waals surface area contributed by atoms with Crippen LogP contribution < -0.4 is 4.90 Å². The molecule has 0 aliphatic heterocycles. The van der Waals surface area contributed by atoms with Crippen LogP contribution in [0.2, 0.25) is 0 Å². The highest BCUT2D eigenvalue weighted by atomic mass is 16.2. The fraction of sp³-hybridized carbons (Fsp3) is 0.400. The highest BCUT2D eigenvalue weighted by Gasteiger charge is 2.14. The molecule has 0 aliphatic rings. The predicted molar refractivity (Wildman–Crippen MR) is 77.3 cm³/mol. The minimum absolute atomic E-state index is 0.0609. The Labute approximate surface area is 110 Å². The van der Waals surface area contributed by atoms with Crippen LogP contribution in [0.5, 0.6) is 0 Å². The highest BCUT2D eigenvalue weighted by Crippen LogP contribution is 2.19. The molecule has 0 heterocycles. The highest BCUT2D eigenvalue weighted by molar-refractivity contribution is 5.95. The van der Waals surface area contributed by atoms with Crippen molar-refractivity contribution in [2.24, 2.45) is 0 Å². The Morgan fingerprint density at radius 1 is 1.39 bits per heavy atom. The van der Waals surface area contributed by atoms with E-state index in [9.17, 15) is 4.79 Å². The van der Waals surface area contributed by atoms with Crippen LogP contribution in [-0.2, 0) is 0 Å². The molecule has 18 heavy (non-hydrogen) atoms. The predicted octanol–water partition coefficient (Wildman–Crippen LogP) is 2.71. The van der Waals surface area contributed by atoms with E-state index in [0.717, 1.165) is 16.8 Å². The smallest absolute Gasteiger partial charge is 0.254 e. The lowest BCUT2D eigenvalue weighted by Gasteiger charge is -2.21. The number of anilines is 1. The number of likely N-dealkylation sites (N-methyl/N-ethyl adjacent to an activating group) is 1. The SMILES string of the molecule is C=CCN(CC)C(=O)c1ccc(N(C)C)c(C)c1. The minimum Gasteiger partial charge on any atom is -0.377 e. The van der Waals surface area contributed by atoms with E-state index >= 15 is 0 Å². The van der Waals surface area contributed by atoms with Gasteiger partial charge in [-0.05, 0) is 37.6 Å². The van der Waals surface area contributed by atoms with Crippen molar-refractivity contribution in [2.75, 3.05) is 32.1 Å². The number of carbonyl (C=O) groups is 1. The van der Waals surface area contributed by atoms with E-state index in [1.54, 1.807) is 11.0 Å². The van der Waals surface area contributed by atoms with E-state index in [4.69, 9.17) is 0 Å². The summed E-state index contributed by atoms with van der Waals surface area (Å²) in [6, 6.07) is 5.82. The zero-order valence-electron chi connectivity index (χ0n) is 11.7. The fourth-order valence-electron chi connectivity index (χ4n) is 1.98. The molecule has 0 spiro atoms. The molecule has 1 rings (SSSR count). The molecule has 3 nitrogen and oxygen atoms in total. The summed E-state index contributed by atoms with van der Waals surface area (Å²) in [4.78, 5) is 16.1. The van der Waals surface area contributed by atoms with Gasteiger partial charge in [0.25, 0.3) is 5.91 Å². The third kappa shape index (κ3) is 3.13. The van der Waals surface area contributed by atoms with Gasteiger partial charge in [-0.2, -0.15) is 0 Å². The summed E-state index contributed by atoms with van der Waals surface area (Å²) in [6.07, 6.45) is 1.75. The number of rotatable bonds is 5. The summed E-state index contributed by atoms with van der Waals surface area (Å²) in [5.41, 5.74) is 2.99. The van der Waals surface area contributed by atoms with Crippen molar-refractivity contribution in [3.05, 3.63) is 42.0 Å². The standard InChI is InChI=1S/C15H22N2O/c1-6-10-17(7-2)15(18)13-8-9-14(16(4)5)12(3)11-13/h6,8-9,11H,1,7,10H2,2-5H3. The van der Waals surface area contributed by atoms with Crippen LogP contribution in [0.15, 0.2) is 30.9 Å². The zero-order valence-corrected chi connectivity index (χ0v) is 11.7. The summed E-state index contributed by atoms with van der Waals surface area (Å²) in [6.45, 7) is 8.96. The van der Waals surface area contributed by atoms with Gasteiger partial charge in [0.15, 0.2) is 0 Å². The lowest BCUT2D eigenvalue weighted by Crippen LogP contribution is -2.31. The maximum atomic E-state index is 12.3. The first-order valence-corrected chi connectivity index (χ1v) is 6.19. The Bertz CT molecular complexity index is 438. The quantitative estimate of drug-likeness (QED) is 0.746. The normalized spacial score (nSPS) is 10.0. The number of aryl methyl sites for hydroxylation is 1. The second-order valence-corrected chi connectivity index (χ2v) is 4.53. The molecule has 0 saturated carbocycles. The van der Waals surface area contributed by atoms with Crippen molar-refractivity contribution in [2.45, 2.75) is 13.8 Å². The van der Waals surface area contributed by atoms with Crippen LogP contribution in [-0.4, -0.2) is 38.0 Å². The molecule has 0 unspecified atom stereocenters. The number of nitrogens with zero attached hydrogens (tertiary/aromatic N) is 2. The average Bonchev–Trinajstić information content (AvgIpc) is 2.34. The van der Waals surface area contributed by atoms with Crippen LogP contribution in [0, 0.1) is 6.92 Å². The summed E-state index contributed by atoms with van der Waals surface area (Å²) in [5, 5.41) is 0. The molecule has 0 saturated heterocycles. The first kappa shape index (κ1) is 14.3. The fourth-order valence-corrected chi connectivity index (χ4v) is 1.98. The monoisotopic (exact) mass is 246 g/mol. The average molecular weight is 246 g/mol. The Balaban J connectivity index is 3.00. The molecule has 3 heteroatoms. The van der Waals surface area contributed by atoms with Crippen LogP contribution in [0.4, 0.5) is 5.69 Å². The number of hydrogen-bond acceptors (Lipinski definition) is 2. The lowest BCUT2D eigenvalue weighted by molar-refractivity contribution is 0.0782. The maximum absolute atomic E-state index is 12.3. The van der Waals surface area contributed by atoms with Gasteiger partial charge in [-0.15, -0.1) is 6.58 Å². The Hall–Kier alpha value is -1.77. The third-order valence-electron chi connectivity index (χ3n) is 2.94. The van der Waals surface area contributed by atoms with Gasteiger partial charge in [-0.1, -0.05) is 6.08 Å². The largest absolute Gasteiger partial charge is 0.377 e. The number of benzene rings is 1. The lowest BCUT2D eigenvalue weighted by atomic mass is 10.1. The molecule has 0 atom stereocenters. The van der Waals surface area contributed by atoms with Gasteiger partial charge >= 0.3 is 0 Å². The molecule has 0 aliphatic carbocycles. The van der Waals surface area contributed by atoms with Gasteiger partial charge in [-0.3, -0.25) is 4.79 Å². The van der Waals surface area contributed by atoms with Gasteiger partial charge in [0, 0.05) is 38.4 Å². The summed E-state index contributed by atoms with van der Waals surface area (Å²) >= 11 is 0. The van der Waals surface area contributed by atoms with Crippen molar-refractivity contribution in [3.8, 4) is 0 Å². The van der Waals surface area contributed by atoms with Crippen molar-refractivity contribution in [1.82, 2.24) is 4.90 Å². The van der Waals surface area contributed by atoms with Crippen molar-refractivity contribution < 1.29 is 4.79 Å². The molecule has 0 aromatic heterocycles. The molecule has 0 bridgehead atoms. The number of hydrogen-bond donors (Lipinski definition) is 0. The van der Waals surface area contributed by atoms with Crippen LogP contribution >= 0.6 is 0 Å². The van der Waals surface area contributed by atoms with E-state index in [2.05, 4.69) is 6.58 Å². The second-order valence-electron chi connectivity index (χ2n) is 4.53. The van der Waals surface area contributed by atoms with E-state index < -0.39 is 0 Å². The topological polar surface area (TPSA) is 23.6 Å². The summed E-state index contributed by atoms with van der Waals surface area (Å²) in [5.74, 6) is 0.0609. The van der Waals surface area contributed by atoms with Crippen molar-refractivity contribution in [1.29, 1.82) is 0 Å². The summed E-state index contributed by atoms with van der Waals surface area (Å²) < 4.78 is 0. The van der Waals surface area contributed by atoms with Gasteiger partial charge in [0.05, 0.1) is 0 Å². The third-order valence-corrected chi connectivity index (χ3v) is 2.94. The van der Waals surface area contributed by atoms with E-state index in [0.29, 0.717) is 13.1 Å². The first-order chi connectivity index (χ1) is 8.51. The van der Waals surface area contributed by atoms with Crippen LogP contribution in [0.1, 0.15) is 22.8 Å². The van der Waals surface area contributed by atoms with Crippen molar-refractivity contribution in [3.63, 3.8) is 0 Å². The first-order valence-electron chi connectivity index (χ1n) is 6.19. The summed E-state index contributed by atoms with van der Waals surface area (Å²) in [7, 11) is 4.00. The molecule has 1 amide bonds. The van der Waals surface area contributed by atoms with Crippen LogP contribution in [0.3, 0.4) is 0 Å². The molecule has 0 radical (unpaired) electrons. The van der Waals surface area contributed by atoms with Crippen molar-refractivity contribution >= 4 is 11.6 Å². The Kier molecular flexibility index (Phi) is 4.95. The Morgan fingerprint density at radius 3 is 2.50 bits per heavy atom. The minimum atomic E-state index is 0.0609. The zero-order chi connectivity index (χ0) is 13.7. The molecule has 1 aromatic rings. The Morgan fingerprint density at radius 2 is 2.06 bits per heavy atom. The van der Waals surface area contributed by atoms with Crippen LogP contribution in [0.25, 0.3) is 0 Å². The van der Waals surface area contributed by atoms with Gasteiger partial charge in [-0.25, -0.2) is 0 Å². The molecule has 98 valence electrons. The molecule has 1 aromatic carbocycles. The molecular formula is C15H22N2O.